The Kier molecular flexibility index (Phi) is 2.50. The predicted octanol–water partition coefficient (Wildman–Crippen LogP) is 0.609. The number of hydrogen-bond acceptors (Lipinski definition) is 4. The molecular formula is C9H17N5. The van der Waals surface area contributed by atoms with Gasteiger partial charge in [0, 0.05) is 6.54 Å². The van der Waals surface area contributed by atoms with Gasteiger partial charge in [0.15, 0.2) is 5.82 Å². The van der Waals surface area contributed by atoms with Crippen LogP contribution in [0, 0.1) is 11.8 Å². The van der Waals surface area contributed by atoms with Gasteiger partial charge in [-0.05, 0) is 42.7 Å². The Morgan fingerprint density at radius 2 is 2.36 bits per heavy atom. The maximum Gasteiger partial charge on any atom is 0.167 e. The highest BCUT2D eigenvalue weighted by Gasteiger charge is 2.33. The van der Waals surface area contributed by atoms with Crippen molar-refractivity contribution in [2.75, 3.05) is 7.05 Å². The summed E-state index contributed by atoms with van der Waals surface area (Å²) in [6.45, 7) is 5.31. The summed E-state index contributed by atoms with van der Waals surface area (Å²) in [5.41, 5.74) is 0. The molecule has 1 aromatic heterocycles. The van der Waals surface area contributed by atoms with Crippen LogP contribution < -0.4 is 5.32 Å². The molecule has 1 heterocycles. The molecular weight excluding hydrogens is 178 g/mol. The molecule has 1 N–H and O–H groups in total. The first kappa shape index (κ1) is 9.58. The second-order valence-electron chi connectivity index (χ2n) is 4.20. The molecule has 1 fully saturated rings. The molecule has 0 bridgehead atoms. The Morgan fingerprint density at radius 1 is 1.64 bits per heavy atom. The zero-order valence-electron chi connectivity index (χ0n) is 8.94. The van der Waals surface area contributed by atoms with Crippen molar-refractivity contribution in [3.05, 3.63) is 5.82 Å². The fraction of sp³-hybridized carbons (Fsp3) is 0.889. The molecule has 1 aliphatic carbocycles. The minimum atomic E-state index is 0.221. The van der Waals surface area contributed by atoms with Gasteiger partial charge in [0.05, 0.1) is 6.04 Å². The average molecular weight is 195 g/mol. The minimum absolute atomic E-state index is 0.221. The predicted molar refractivity (Wildman–Crippen MR) is 52.6 cm³/mol. The molecule has 0 amide bonds. The first-order chi connectivity index (χ1) is 6.72. The molecule has 5 nitrogen and oxygen atoms in total. The van der Waals surface area contributed by atoms with Gasteiger partial charge in [-0.2, -0.15) is 0 Å². The molecule has 0 aromatic carbocycles. The van der Waals surface area contributed by atoms with E-state index in [9.17, 15) is 0 Å². The third kappa shape index (κ3) is 1.77. The first-order valence-corrected chi connectivity index (χ1v) is 5.15. The van der Waals surface area contributed by atoms with Crippen LogP contribution in [0.2, 0.25) is 0 Å². The molecule has 3 unspecified atom stereocenters. The van der Waals surface area contributed by atoms with E-state index in [0.717, 1.165) is 24.2 Å². The van der Waals surface area contributed by atoms with Crippen LogP contribution in [0.15, 0.2) is 0 Å². The van der Waals surface area contributed by atoms with Gasteiger partial charge in [0.2, 0.25) is 0 Å². The normalized spacial score (nSPS) is 27.6. The summed E-state index contributed by atoms with van der Waals surface area (Å²) >= 11 is 0. The van der Waals surface area contributed by atoms with Gasteiger partial charge in [-0.25, -0.2) is 4.68 Å². The summed E-state index contributed by atoms with van der Waals surface area (Å²) in [5.74, 6) is 2.56. The summed E-state index contributed by atoms with van der Waals surface area (Å²) < 4.78 is 1.93. The Balaban J connectivity index is 2.05. The SMILES string of the molecule is CNC(C)c1nnnn1CC1CC1C. The van der Waals surface area contributed by atoms with Gasteiger partial charge >= 0.3 is 0 Å². The number of rotatable bonds is 4. The van der Waals surface area contributed by atoms with Crippen molar-refractivity contribution in [3.63, 3.8) is 0 Å². The number of tetrazole rings is 1. The molecule has 78 valence electrons. The van der Waals surface area contributed by atoms with Crippen LogP contribution in [0.5, 0.6) is 0 Å². The van der Waals surface area contributed by atoms with Crippen LogP contribution in [-0.4, -0.2) is 27.3 Å². The molecule has 1 saturated carbocycles. The maximum atomic E-state index is 4.03. The molecule has 0 spiro atoms. The second-order valence-corrected chi connectivity index (χ2v) is 4.20. The van der Waals surface area contributed by atoms with Crippen LogP contribution >= 0.6 is 0 Å². The van der Waals surface area contributed by atoms with E-state index in [-0.39, 0.29) is 6.04 Å². The van der Waals surface area contributed by atoms with Gasteiger partial charge in [-0.15, -0.1) is 5.10 Å². The van der Waals surface area contributed by atoms with Gasteiger partial charge in [-0.3, -0.25) is 0 Å². The molecule has 0 saturated heterocycles. The number of hydrogen-bond donors (Lipinski definition) is 1. The van der Waals surface area contributed by atoms with Crippen molar-refractivity contribution in [3.8, 4) is 0 Å². The lowest BCUT2D eigenvalue weighted by molar-refractivity contribution is 0.475. The van der Waals surface area contributed by atoms with Crippen molar-refractivity contribution < 1.29 is 0 Å². The lowest BCUT2D eigenvalue weighted by atomic mass is 10.3. The van der Waals surface area contributed by atoms with Crippen LogP contribution in [0.25, 0.3) is 0 Å². The van der Waals surface area contributed by atoms with E-state index < -0.39 is 0 Å². The average Bonchev–Trinajstić information content (AvgIpc) is 2.67. The van der Waals surface area contributed by atoms with Gasteiger partial charge in [0.1, 0.15) is 0 Å². The van der Waals surface area contributed by atoms with Crippen molar-refractivity contribution in [2.24, 2.45) is 11.8 Å². The Labute approximate surface area is 83.9 Å². The summed E-state index contributed by atoms with van der Waals surface area (Å²) in [5, 5.41) is 14.9. The Hall–Kier alpha value is -0.970. The highest BCUT2D eigenvalue weighted by Crippen LogP contribution is 2.38. The van der Waals surface area contributed by atoms with Gasteiger partial charge in [0.25, 0.3) is 0 Å². The fourth-order valence-corrected chi connectivity index (χ4v) is 1.66. The highest BCUT2D eigenvalue weighted by molar-refractivity contribution is 4.91. The second kappa shape index (κ2) is 3.65. The summed E-state index contributed by atoms with van der Waals surface area (Å²) in [6, 6.07) is 0.221. The molecule has 2 rings (SSSR count). The van der Waals surface area contributed by atoms with E-state index in [1.807, 2.05) is 11.7 Å². The summed E-state index contributed by atoms with van der Waals surface area (Å²) in [7, 11) is 1.92. The molecule has 1 aromatic rings. The van der Waals surface area contributed by atoms with E-state index in [1.165, 1.54) is 6.42 Å². The zero-order chi connectivity index (χ0) is 10.1. The summed E-state index contributed by atoms with van der Waals surface area (Å²) in [4.78, 5) is 0. The maximum absolute atomic E-state index is 4.03. The quantitative estimate of drug-likeness (QED) is 0.764. The standard InChI is InChI=1S/C9H17N5/c1-6-4-8(6)5-14-9(7(2)10-3)11-12-13-14/h6-8,10H,4-5H2,1-3H3. The largest absolute Gasteiger partial charge is 0.311 e. The van der Waals surface area contributed by atoms with Crippen LogP contribution in [0.3, 0.4) is 0 Å². The monoisotopic (exact) mass is 195 g/mol. The van der Waals surface area contributed by atoms with E-state index in [0.29, 0.717) is 0 Å². The molecule has 14 heavy (non-hydrogen) atoms. The van der Waals surface area contributed by atoms with Crippen LogP contribution in [0.1, 0.15) is 32.1 Å². The minimum Gasteiger partial charge on any atom is -0.311 e. The van der Waals surface area contributed by atoms with Crippen LogP contribution in [0.4, 0.5) is 0 Å². The Morgan fingerprint density at radius 3 is 2.93 bits per heavy atom. The highest BCUT2D eigenvalue weighted by atomic mass is 15.5. The summed E-state index contributed by atoms with van der Waals surface area (Å²) in [6.07, 6.45) is 1.31. The van der Waals surface area contributed by atoms with Crippen molar-refractivity contribution >= 4 is 0 Å². The molecule has 1 aliphatic rings. The number of nitrogens with one attached hydrogen (secondary N) is 1. The van der Waals surface area contributed by atoms with Crippen molar-refractivity contribution in [1.82, 2.24) is 25.5 Å². The van der Waals surface area contributed by atoms with Crippen molar-refractivity contribution in [2.45, 2.75) is 32.9 Å². The van der Waals surface area contributed by atoms with E-state index in [1.54, 1.807) is 0 Å². The van der Waals surface area contributed by atoms with E-state index in [4.69, 9.17) is 0 Å². The number of nitrogens with zero attached hydrogens (tertiary/aromatic N) is 4. The van der Waals surface area contributed by atoms with Crippen molar-refractivity contribution in [1.29, 1.82) is 0 Å². The fourth-order valence-electron chi connectivity index (χ4n) is 1.66. The smallest absolute Gasteiger partial charge is 0.167 e. The van der Waals surface area contributed by atoms with E-state index in [2.05, 4.69) is 34.7 Å². The molecule has 0 radical (unpaired) electrons. The molecule has 5 heteroatoms. The lowest BCUT2D eigenvalue weighted by Gasteiger charge is -2.09. The van der Waals surface area contributed by atoms with Crippen LogP contribution in [-0.2, 0) is 6.54 Å². The third-order valence-electron chi connectivity index (χ3n) is 3.06. The third-order valence-corrected chi connectivity index (χ3v) is 3.06. The topological polar surface area (TPSA) is 55.6 Å². The van der Waals surface area contributed by atoms with Gasteiger partial charge in [-0.1, -0.05) is 6.92 Å². The Bertz CT molecular complexity index is 308. The first-order valence-electron chi connectivity index (χ1n) is 5.15. The number of aromatic nitrogens is 4. The molecule has 3 atom stereocenters. The zero-order valence-corrected chi connectivity index (χ0v) is 8.94. The van der Waals surface area contributed by atoms with Gasteiger partial charge < -0.3 is 5.32 Å². The lowest BCUT2D eigenvalue weighted by Crippen LogP contribution is -2.19. The van der Waals surface area contributed by atoms with E-state index >= 15 is 0 Å². The molecule has 0 aliphatic heterocycles.